The van der Waals surface area contributed by atoms with Crippen molar-refractivity contribution in [1.29, 1.82) is 0 Å². The number of fused-ring (bicyclic) bond motifs is 1. The number of rotatable bonds is 15. The highest BCUT2D eigenvalue weighted by molar-refractivity contribution is 6.03. The molecule has 4 aliphatic heterocycles. The van der Waals surface area contributed by atoms with Crippen LogP contribution >= 0.6 is 0 Å². The Labute approximate surface area is 288 Å². The van der Waals surface area contributed by atoms with Crippen LogP contribution in [0.1, 0.15) is 31.4 Å². The van der Waals surface area contributed by atoms with E-state index in [2.05, 4.69) is 18.1 Å². The second-order valence-electron chi connectivity index (χ2n) is 13.1. The van der Waals surface area contributed by atoms with Crippen LogP contribution in [0.2, 0.25) is 0 Å². The number of anilines is 1. The molecule has 6 atom stereocenters. The van der Waals surface area contributed by atoms with Crippen LogP contribution in [0.25, 0.3) is 0 Å². The normalized spacial score (nSPS) is 26.7. The van der Waals surface area contributed by atoms with Crippen LogP contribution in [0.4, 0.5) is 5.69 Å². The number of carbonyl (C=O) groups is 3. The van der Waals surface area contributed by atoms with E-state index in [9.17, 15) is 19.5 Å². The zero-order chi connectivity index (χ0) is 34.5. The van der Waals surface area contributed by atoms with E-state index in [1.807, 2.05) is 61.5 Å². The fourth-order valence-electron chi connectivity index (χ4n) is 8.24. The lowest BCUT2D eigenvalue weighted by atomic mass is 9.70. The predicted octanol–water partition coefficient (Wildman–Crippen LogP) is 3.06. The Kier molecular flexibility index (Phi) is 10.8. The Hall–Kier alpha value is -4.03. The summed E-state index contributed by atoms with van der Waals surface area (Å²) in [5.41, 5.74) is 0.132. The van der Waals surface area contributed by atoms with E-state index in [4.69, 9.17) is 14.2 Å². The molecule has 4 saturated heterocycles. The molecule has 1 N–H and O–H groups in total. The summed E-state index contributed by atoms with van der Waals surface area (Å²) in [6, 6.07) is 14.7. The van der Waals surface area contributed by atoms with Crippen molar-refractivity contribution in [3.8, 4) is 5.75 Å². The van der Waals surface area contributed by atoms with Crippen LogP contribution in [-0.4, -0.2) is 121 Å². The van der Waals surface area contributed by atoms with E-state index in [0.717, 1.165) is 13.1 Å². The van der Waals surface area contributed by atoms with Gasteiger partial charge in [0.2, 0.25) is 17.7 Å². The average molecular weight is 673 g/mol. The van der Waals surface area contributed by atoms with Gasteiger partial charge < -0.3 is 34.0 Å². The molecule has 11 nitrogen and oxygen atoms in total. The summed E-state index contributed by atoms with van der Waals surface area (Å²) in [6.45, 7) is 14.3. The van der Waals surface area contributed by atoms with Crippen molar-refractivity contribution in [3.05, 3.63) is 85.5 Å². The smallest absolute Gasteiger partial charge is 0.248 e. The minimum Gasteiger partial charge on any atom is -0.494 e. The number of nitrogens with zero attached hydrogens (tertiary/aromatic N) is 4. The van der Waals surface area contributed by atoms with E-state index < -0.39 is 42.2 Å². The van der Waals surface area contributed by atoms with Crippen molar-refractivity contribution in [2.75, 3.05) is 70.6 Å². The molecule has 4 fully saturated rings. The van der Waals surface area contributed by atoms with Crippen LogP contribution in [0, 0.1) is 11.8 Å². The Morgan fingerprint density at radius 3 is 2.43 bits per heavy atom. The third-order valence-corrected chi connectivity index (χ3v) is 10.4. The second kappa shape index (κ2) is 15.2. The standard InChI is InChI=1S/C38H48N4O7/c1-4-18-40(21-20-39-22-24-47-25-23-39)37(46)34-38-17-16-31(49-38)32(33(38)36(45)42(34)30(26-43)27-10-8-7-9-11-27)35(44)41(19-5-2)28-12-14-29(15-13-28)48-6-3/h4-5,7-15,30-34,43H,1-2,6,16-26H2,3H3/t30-,31-,32+,33+,34?,38?/m1/s1. The molecular formula is C38H48N4O7. The SMILES string of the molecule is C=CCN(CCN1CCOCC1)C(=O)C1N([C@H](CO)c2ccccc2)C(=O)[C@@H]2[C@@H](C(=O)N(CC=C)c3ccc(OCC)cc3)[C@H]3CCC12O3. The molecule has 0 saturated carbocycles. The number of likely N-dealkylation sites (tertiary alicyclic amines) is 1. The lowest BCUT2D eigenvalue weighted by Gasteiger charge is -2.40. The topological polar surface area (TPSA) is 112 Å². The molecule has 0 radical (unpaired) electrons. The quantitative estimate of drug-likeness (QED) is 0.288. The summed E-state index contributed by atoms with van der Waals surface area (Å²) in [5.74, 6) is -1.89. The molecule has 0 aliphatic carbocycles. The lowest BCUT2D eigenvalue weighted by molar-refractivity contribution is -0.151. The summed E-state index contributed by atoms with van der Waals surface area (Å²) in [4.78, 5) is 51.6. The number of aliphatic hydroxyl groups is 1. The summed E-state index contributed by atoms with van der Waals surface area (Å²) in [6.07, 6.45) is 3.81. The molecule has 262 valence electrons. The Balaban J connectivity index is 1.37. The first kappa shape index (κ1) is 34.8. The molecular weight excluding hydrogens is 624 g/mol. The van der Waals surface area contributed by atoms with Gasteiger partial charge in [-0.15, -0.1) is 13.2 Å². The third kappa shape index (κ3) is 6.52. The van der Waals surface area contributed by atoms with Gasteiger partial charge >= 0.3 is 0 Å². The van der Waals surface area contributed by atoms with Gasteiger partial charge in [-0.05, 0) is 49.6 Å². The minimum absolute atomic E-state index is 0.230. The summed E-state index contributed by atoms with van der Waals surface area (Å²) in [5, 5.41) is 10.9. The molecule has 49 heavy (non-hydrogen) atoms. The molecule has 11 heteroatoms. The molecule has 6 rings (SSSR count). The van der Waals surface area contributed by atoms with Gasteiger partial charge in [-0.1, -0.05) is 42.5 Å². The highest BCUT2D eigenvalue weighted by Crippen LogP contribution is 2.60. The number of hydrogen-bond donors (Lipinski definition) is 1. The van der Waals surface area contributed by atoms with E-state index >= 15 is 0 Å². The van der Waals surface area contributed by atoms with Crippen molar-refractivity contribution in [2.45, 2.75) is 43.6 Å². The molecule has 4 heterocycles. The van der Waals surface area contributed by atoms with E-state index in [1.54, 1.807) is 22.0 Å². The minimum atomic E-state index is -1.22. The maximum absolute atomic E-state index is 14.9. The van der Waals surface area contributed by atoms with Crippen molar-refractivity contribution >= 4 is 23.4 Å². The molecule has 2 aromatic rings. The lowest BCUT2D eigenvalue weighted by Crippen LogP contribution is -2.58. The van der Waals surface area contributed by atoms with Crippen molar-refractivity contribution in [3.63, 3.8) is 0 Å². The van der Waals surface area contributed by atoms with E-state index in [-0.39, 0.29) is 30.8 Å². The molecule has 2 bridgehead atoms. The van der Waals surface area contributed by atoms with E-state index in [0.29, 0.717) is 62.8 Å². The van der Waals surface area contributed by atoms with Crippen LogP contribution in [0.15, 0.2) is 79.9 Å². The first-order valence-electron chi connectivity index (χ1n) is 17.4. The van der Waals surface area contributed by atoms with Gasteiger partial charge in [0.15, 0.2) is 0 Å². The van der Waals surface area contributed by atoms with Crippen molar-refractivity contribution in [1.82, 2.24) is 14.7 Å². The van der Waals surface area contributed by atoms with E-state index in [1.165, 1.54) is 4.90 Å². The number of carbonyl (C=O) groups excluding carboxylic acids is 3. The van der Waals surface area contributed by atoms with Gasteiger partial charge in [0, 0.05) is 45.0 Å². The zero-order valence-corrected chi connectivity index (χ0v) is 28.3. The van der Waals surface area contributed by atoms with Gasteiger partial charge in [-0.2, -0.15) is 0 Å². The fraction of sp³-hybridized carbons (Fsp3) is 0.500. The van der Waals surface area contributed by atoms with Gasteiger partial charge in [0.25, 0.3) is 0 Å². The van der Waals surface area contributed by atoms with Gasteiger partial charge in [0.1, 0.15) is 17.4 Å². The molecule has 2 unspecified atom stereocenters. The first-order valence-corrected chi connectivity index (χ1v) is 17.4. The van der Waals surface area contributed by atoms with Crippen LogP contribution < -0.4 is 9.64 Å². The van der Waals surface area contributed by atoms with Crippen molar-refractivity contribution in [2.24, 2.45) is 11.8 Å². The number of amides is 3. The molecule has 0 aromatic heterocycles. The van der Waals surface area contributed by atoms with Crippen molar-refractivity contribution < 1.29 is 33.7 Å². The highest BCUT2D eigenvalue weighted by atomic mass is 16.5. The highest BCUT2D eigenvalue weighted by Gasteiger charge is 2.75. The summed E-state index contributed by atoms with van der Waals surface area (Å²) in [7, 11) is 0. The summed E-state index contributed by atoms with van der Waals surface area (Å²) < 4.78 is 17.9. The number of ether oxygens (including phenoxy) is 3. The Morgan fingerprint density at radius 1 is 1.06 bits per heavy atom. The van der Waals surface area contributed by atoms with Gasteiger partial charge in [0.05, 0.1) is 50.4 Å². The maximum atomic E-state index is 14.9. The number of hydrogen-bond acceptors (Lipinski definition) is 8. The monoisotopic (exact) mass is 672 g/mol. The first-order chi connectivity index (χ1) is 23.9. The Morgan fingerprint density at radius 2 is 1.78 bits per heavy atom. The maximum Gasteiger partial charge on any atom is 0.248 e. The predicted molar refractivity (Wildman–Crippen MR) is 185 cm³/mol. The van der Waals surface area contributed by atoms with Gasteiger partial charge in [-0.3, -0.25) is 19.3 Å². The van der Waals surface area contributed by atoms with Crippen LogP contribution in [-0.2, 0) is 23.9 Å². The Bertz CT molecular complexity index is 1500. The number of morpholine rings is 1. The number of aliphatic hydroxyl groups excluding tert-OH is 1. The second-order valence-corrected chi connectivity index (χ2v) is 13.1. The number of benzene rings is 2. The molecule has 2 aromatic carbocycles. The third-order valence-electron chi connectivity index (χ3n) is 10.4. The molecule has 1 spiro atoms. The van der Waals surface area contributed by atoms with Crippen LogP contribution in [0.3, 0.4) is 0 Å². The fourth-order valence-corrected chi connectivity index (χ4v) is 8.24. The van der Waals surface area contributed by atoms with Crippen LogP contribution in [0.5, 0.6) is 5.75 Å². The zero-order valence-electron chi connectivity index (χ0n) is 28.3. The molecule has 4 aliphatic rings. The average Bonchev–Trinajstić information content (AvgIpc) is 3.78. The van der Waals surface area contributed by atoms with Gasteiger partial charge in [-0.25, -0.2) is 0 Å². The molecule has 3 amide bonds. The summed E-state index contributed by atoms with van der Waals surface area (Å²) >= 11 is 0. The largest absolute Gasteiger partial charge is 0.494 e.